The van der Waals surface area contributed by atoms with E-state index in [0.29, 0.717) is 6.54 Å². The zero-order valence-corrected chi connectivity index (χ0v) is 7.51. The van der Waals surface area contributed by atoms with Gasteiger partial charge in [0, 0.05) is 6.20 Å². The molecule has 0 bridgehead atoms. The number of likely N-dealkylation sites (tertiary alicyclic amines) is 1. The van der Waals surface area contributed by atoms with Gasteiger partial charge in [-0.1, -0.05) is 0 Å². The van der Waals surface area contributed by atoms with Crippen LogP contribution in [-0.2, 0) is 0 Å². The molecule has 0 saturated carbocycles. The van der Waals surface area contributed by atoms with E-state index in [-0.39, 0.29) is 5.78 Å². The lowest BCUT2D eigenvalue weighted by molar-refractivity contribution is 0.0879. The first kappa shape index (κ1) is 7.89. The molecule has 0 amide bonds. The summed E-state index contributed by atoms with van der Waals surface area (Å²) >= 11 is 1.28. The third-order valence-corrected chi connectivity index (χ3v) is 2.82. The second kappa shape index (κ2) is 3.33. The SMILES string of the molecule is O=C(CN1CCC1)c1ccns1. The molecule has 0 radical (unpaired) electrons. The summed E-state index contributed by atoms with van der Waals surface area (Å²) in [5.74, 6) is 0.206. The monoisotopic (exact) mass is 182 g/mol. The molecule has 1 aliphatic rings. The van der Waals surface area contributed by atoms with Crippen LogP contribution in [0.5, 0.6) is 0 Å². The third-order valence-electron chi connectivity index (χ3n) is 2.03. The van der Waals surface area contributed by atoms with E-state index in [1.807, 2.05) is 0 Å². The molecule has 4 heteroatoms. The minimum Gasteiger partial charge on any atom is -0.296 e. The first-order chi connectivity index (χ1) is 5.86. The van der Waals surface area contributed by atoms with Gasteiger partial charge in [-0.3, -0.25) is 9.69 Å². The summed E-state index contributed by atoms with van der Waals surface area (Å²) in [5, 5.41) is 0. The lowest BCUT2D eigenvalue weighted by atomic mass is 10.2. The predicted octanol–water partition coefficient (Wildman–Crippen LogP) is 1.03. The van der Waals surface area contributed by atoms with Crippen molar-refractivity contribution >= 4 is 17.3 Å². The Labute approximate surface area is 75.2 Å². The number of hydrogen-bond donors (Lipinski definition) is 0. The highest BCUT2D eigenvalue weighted by Crippen LogP contribution is 2.10. The molecule has 0 spiro atoms. The number of hydrogen-bond acceptors (Lipinski definition) is 4. The molecular formula is C8H10N2OS. The third kappa shape index (κ3) is 1.54. The Morgan fingerprint density at radius 2 is 2.50 bits per heavy atom. The number of carbonyl (C=O) groups is 1. The van der Waals surface area contributed by atoms with Crippen molar-refractivity contribution in [2.45, 2.75) is 6.42 Å². The van der Waals surface area contributed by atoms with Crippen molar-refractivity contribution < 1.29 is 4.79 Å². The van der Waals surface area contributed by atoms with Crippen LogP contribution in [0.3, 0.4) is 0 Å². The van der Waals surface area contributed by atoms with E-state index < -0.39 is 0 Å². The molecule has 1 fully saturated rings. The van der Waals surface area contributed by atoms with Crippen LogP contribution in [0.15, 0.2) is 12.3 Å². The van der Waals surface area contributed by atoms with Crippen molar-refractivity contribution in [3.05, 3.63) is 17.1 Å². The maximum absolute atomic E-state index is 11.4. The molecule has 1 saturated heterocycles. The minimum absolute atomic E-state index is 0.206. The Hall–Kier alpha value is -0.740. The molecule has 0 unspecified atom stereocenters. The van der Waals surface area contributed by atoms with E-state index in [2.05, 4.69) is 9.27 Å². The van der Waals surface area contributed by atoms with E-state index in [0.717, 1.165) is 18.0 Å². The van der Waals surface area contributed by atoms with Gasteiger partial charge in [0.25, 0.3) is 0 Å². The number of ketones is 1. The fourth-order valence-electron chi connectivity index (χ4n) is 1.18. The summed E-state index contributed by atoms with van der Waals surface area (Å²) in [6, 6.07) is 1.78. The van der Waals surface area contributed by atoms with Crippen LogP contribution in [0.25, 0.3) is 0 Å². The Bertz CT molecular complexity index is 267. The number of rotatable bonds is 3. The van der Waals surface area contributed by atoms with Gasteiger partial charge in [-0.2, -0.15) is 0 Å². The van der Waals surface area contributed by atoms with Crippen molar-refractivity contribution in [1.82, 2.24) is 9.27 Å². The van der Waals surface area contributed by atoms with E-state index in [4.69, 9.17) is 0 Å². The Balaban J connectivity index is 1.92. The summed E-state index contributed by atoms with van der Waals surface area (Å²) in [5.41, 5.74) is 0. The lowest BCUT2D eigenvalue weighted by Gasteiger charge is -2.29. The van der Waals surface area contributed by atoms with Crippen LogP contribution < -0.4 is 0 Å². The second-order valence-electron chi connectivity index (χ2n) is 2.93. The largest absolute Gasteiger partial charge is 0.296 e. The van der Waals surface area contributed by atoms with Crippen molar-refractivity contribution in [3.8, 4) is 0 Å². The molecule has 1 aromatic rings. The molecule has 0 aliphatic carbocycles. The summed E-state index contributed by atoms with van der Waals surface area (Å²) in [7, 11) is 0. The van der Waals surface area contributed by atoms with Gasteiger partial charge in [-0.25, -0.2) is 4.37 Å². The van der Waals surface area contributed by atoms with E-state index >= 15 is 0 Å². The van der Waals surface area contributed by atoms with Crippen molar-refractivity contribution in [3.63, 3.8) is 0 Å². The molecule has 0 aromatic carbocycles. The first-order valence-electron chi connectivity index (χ1n) is 4.02. The molecule has 3 nitrogen and oxygen atoms in total. The van der Waals surface area contributed by atoms with Crippen LogP contribution in [0.4, 0.5) is 0 Å². The van der Waals surface area contributed by atoms with Gasteiger partial charge >= 0.3 is 0 Å². The summed E-state index contributed by atoms with van der Waals surface area (Å²) in [4.78, 5) is 14.4. The maximum Gasteiger partial charge on any atom is 0.188 e. The highest BCUT2D eigenvalue weighted by molar-refractivity contribution is 7.08. The zero-order valence-electron chi connectivity index (χ0n) is 6.69. The van der Waals surface area contributed by atoms with Crippen LogP contribution in [0.2, 0.25) is 0 Å². The topological polar surface area (TPSA) is 33.2 Å². The Kier molecular flexibility index (Phi) is 2.19. The van der Waals surface area contributed by atoms with Crippen molar-refractivity contribution in [2.24, 2.45) is 0 Å². The first-order valence-corrected chi connectivity index (χ1v) is 4.80. The highest BCUT2D eigenvalue weighted by atomic mass is 32.1. The van der Waals surface area contributed by atoms with E-state index in [9.17, 15) is 4.79 Å². The van der Waals surface area contributed by atoms with Crippen LogP contribution in [0, 0.1) is 0 Å². The molecule has 12 heavy (non-hydrogen) atoms. The second-order valence-corrected chi connectivity index (χ2v) is 3.76. The summed E-state index contributed by atoms with van der Waals surface area (Å²) < 4.78 is 3.90. The lowest BCUT2D eigenvalue weighted by Crippen LogP contribution is -2.40. The highest BCUT2D eigenvalue weighted by Gasteiger charge is 2.18. The van der Waals surface area contributed by atoms with Gasteiger partial charge in [0.1, 0.15) is 0 Å². The zero-order chi connectivity index (χ0) is 8.39. The molecule has 64 valence electrons. The van der Waals surface area contributed by atoms with Crippen LogP contribution >= 0.6 is 11.5 Å². The molecule has 1 aliphatic heterocycles. The number of carbonyl (C=O) groups excluding carboxylic acids is 1. The number of nitrogens with zero attached hydrogens (tertiary/aromatic N) is 2. The summed E-state index contributed by atoms with van der Waals surface area (Å²) in [6.07, 6.45) is 2.91. The maximum atomic E-state index is 11.4. The quantitative estimate of drug-likeness (QED) is 0.655. The fraction of sp³-hybridized carbons (Fsp3) is 0.500. The number of Topliss-reactive ketones (excluding diaryl/α,β-unsaturated/α-hetero) is 1. The predicted molar refractivity (Wildman–Crippen MR) is 47.5 cm³/mol. The molecule has 2 rings (SSSR count). The Morgan fingerprint density at radius 1 is 1.67 bits per heavy atom. The van der Waals surface area contributed by atoms with Crippen LogP contribution in [-0.4, -0.2) is 34.7 Å². The summed E-state index contributed by atoms with van der Waals surface area (Å²) in [6.45, 7) is 2.72. The molecule has 0 N–H and O–H groups in total. The van der Waals surface area contributed by atoms with Gasteiger partial charge in [0.2, 0.25) is 0 Å². The molecule has 0 atom stereocenters. The average molecular weight is 182 g/mol. The average Bonchev–Trinajstić information content (AvgIpc) is 2.47. The molecular weight excluding hydrogens is 172 g/mol. The molecule has 2 heterocycles. The number of aromatic nitrogens is 1. The normalized spacial score (nSPS) is 17.3. The van der Waals surface area contributed by atoms with Gasteiger partial charge in [0.05, 0.1) is 11.4 Å². The fourth-order valence-corrected chi connectivity index (χ4v) is 1.70. The molecule has 1 aromatic heterocycles. The minimum atomic E-state index is 0.206. The van der Waals surface area contributed by atoms with Gasteiger partial charge < -0.3 is 0 Å². The van der Waals surface area contributed by atoms with E-state index in [1.165, 1.54) is 18.0 Å². The van der Waals surface area contributed by atoms with E-state index in [1.54, 1.807) is 12.3 Å². The van der Waals surface area contributed by atoms with Crippen molar-refractivity contribution in [1.29, 1.82) is 0 Å². The van der Waals surface area contributed by atoms with Gasteiger partial charge in [-0.15, -0.1) is 0 Å². The smallest absolute Gasteiger partial charge is 0.188 e. The van der Waals surface area contributed by atoms with Gasteiger partial charge in [-0.05, 0) is 37.1 Å². The van der Waals surface area contributed by atoms with Crippen LogP contribution in [0.1, 0.15) is 16.1 Å². The van der Waals surface area contributed by atoms with Gasteiger partial charge in [0.15, 0.2) is 5.78 Å². The van der Waals surface area contributed by atoms with Crippen molar-refractivity contribution in [2.75, 3.05) is 19.6 Å². The standard InChI is InChI=1S/C8H10N2OS/c11-7(6-10-4-1-5-10)8-2-3-9-12-8/h2-3H,1,4-6H2. The Morgan fingerprint density at radius 3 is 3.00 bits per heavy atom.